The topological polar surface area (TPSA) is 54.9 Å². The Morgan fingerprint density at radius 2 is 2.05 bits per heavy atom. The van der Waals surface area contributed by atoms with E-state index in [1.165, 1.54) is 11.8 Å². The molecule has 4 nitrogen and oxygen atoms in total. The maximum absolute atomic E-state index is 12.1. The molecule has 104 valence electrons. The number of carbonyl (C=O) groups is 1. The van der Waals surface area contributed by atoms with Crippen molar-refractivity contribution in [3.8, 4) is 0 Å². The second kappa shape index (κ2) is 7.65. The van der Waals surface area contributed by atoms with Gasteiger partial charge in [-0.2, -0.15) is 0 Å². The van der Waals surface area contributed by atoms with Gasteiger partial charge in [0.05, 0.1) is 5.56 Å². The van der Waals surface area contributed by atoms with Crippen LogP contribution >= 0.6 is 11.8 Å². The standard InChI is InChI=1S/C15H17N3OS/c1-20-15-13(8-5-11-18-15)14(19)17-10-4-7-12-6-2-3-9-16-12/h2-3,5-6,8-9,11H,4,7,10H2,1H3,(H,17,19). The Balaban J connectivity index is 1.81. The lowest BCUT2D eigenvalue weighted by molar-refractivity contribution is 0.0949. The third kappa shape index (κ3) is 4.06. The van der Waals surface area contributed by atoms with Crippen LogP contribution < -0.4 is 5.32 Å². The number of hydrogen-bond acceptors (Lipinski definition) is 4. The molecule has 20 heavy (non-hydrogen) atoms. The van der Waals surface area contributed by atoms with E-state index in [0.717, 1.165) is 23.6 Å². The van der Waals surface area contributed by atoms with E-state index in [1.54, 1.807) is 24.5 Å². The van der Waals surface area contributed by atoms with E-state index < -0.39 is 0 Å². The van der Waals surface area contributed by atoms with Crippen LogP contribution in [0.2, 0.25) is 0 Å². The Hall–Kier alpha value is -1.88. The highest BCUT2D eigenvalue weighted by atomic mass is 32.2. The zero-order chi connectivity index (χ0) is 14.2. The Morgan fingerprint density at radius 1 is 1.20 bits per heavy atom. The minimum Gasteiger partial charge on any atom is -0.352 e. The molecule has 0 bridgehead atoms. The number of carbonyl (C=O) groups excluding carboxylic acids is 1. The molecule has 1 N–H and O–H groups in total. The van der Waals surface area contributed by atoms with E-state index >= 15 is 0 Å². The van der Waals surface area contributed by atoms with Gasteiger partial charge in [-0.15, -0.1) is 11.8 Å². The summed E-state index contributed by atoms with van der Waals surface area (Å²) in [4.78, 5) is 20.5. The van der Waals surface area contributed by atoms with Gasteiger partial charge < -0.3 is 5.32 Å². The number of nitrogens with one attached hydrogen (secondary N) is 1. The molecule has 2 heterocycles. The second-order valence-electron chi connectivity index (χ2n) is 4.24. The molecule has 2 rings (SSSR count). The van der Waals surface area contributed by atoms with Crippen LogP contribution in [0.15, 0.2) is 47.8 Å². The fraction of sp³-hybridized carbons (Fsp3) is 0.267. The van der Waals surface area contributed by atoms with E-state index in [2.05, 4.69) is 15.3 Å². The summed E-state index contributed by atoms with van der Waals surface area (Å²) in [5.74, 6) is -0.0662. The van der Waals surface area contributed by atoms with Gasteiger partial charge >= 0.3 is 0 Å². The van der Waals surface area contributed by atoms with Crippen LogP contribution in [0.4, 0.5) is 0 Å². The van der Waals surface area contributed by atoms with Crippen molar-refractivity contribution in [3.63, 3.8) is 0 Å². The number of aryl methyl sites for hydroxylation is 1. The lowest BCUT2D eigenvalue weighted by atomic mass is 10.2. The molecule has 0 aliphatic carbocycles. The molecule has 0 radical (unpaired) electrons. The lowest BCUT2D eigenvalue weighted by Crippen LogP contribution is -2.25. The molecule has 5 heteroatoms. The molecule has 2 aromatic heterocycles. The van der Waals surface area contributed by atoms with Crippen LogP contribution in [0, 0.1) is 0 Å². The third-order valence-corrected chi connectivity index (χ3v) is 3.54. The number of aromatic nitrogens is 2. The number of hydrogen-bond donors (Lipinski definition) is 1. The monoisotopic (exact) mass is 287 g/mol. The molecule has 0 spiro atoms. The molecule has 0 aliphatic rings. The molecule has 1 amide bonds. The van der Waals surface area contributed by atoms with Crippen molar-refractivity contribution in [1.29, 1.82) is 0 Å². The number of nitrogens with zero attached hydrogens (tertiary/aromatic N) is 2. The van der Waals surface area contributed by atoms with E-state index in [9.17, 15) is 4.79 Å². The fourth-order valence-corrected chi connectivity index (χ4v) is 2.39. The van der Waals surface area contributed by atoms with Gasteiger partial charge in [0.25, 0.3) is 5.91 Å². The van der Waals surface area contributed by atoms with Gasteiger partial charge in [0, 0.05) is 24.6 Å². The zero-order valence-electron chi connectivity index (χ0n) is 11.4. The maximum Gasteiger partial charge on any atom is 0.254 e. The van der Waals surface area contributed by atoms with E-state index in [0.29, 0.717) is 12.1 Å². The Morgan fingerprint density at radius 3 is 2.80 bits per heavy atom. The largest absolute Gasteiger partial charge is 0.352 e. The van der Waals surface area contributed by atoms with Gasteiger partial charge in [0.2, 0.25) is 0 Å². The van der Waals surface area contributed by atoms with Crippen molar-refractivity contribution in [2.24, 2.45) is 0 Å². The first-order valence-electron chi connectivity index (χ1n) is 6.48. The summed E-state index contributed by atoms with van der Waals surface area (Å²) in [5.41, 5.74) is 1.69. The first kappa shape index (κ1) is 14.5. The molecule has 0 atom stereocenters. The first-order valence-corrected chi connectivity index (χ1v) is 7.71. The molecule has 0 aliphatic heterocycles. The van der Waals surface area contributed by atoms with Crippen LogP contribution in [-0.4, -0.2) is 28.7 Å². The first-order chi connectivity index (χ1) is 9.81. The maximum atomic E-state index is 12.1. The summed E-state index contributed by atoms with van der Waals surface area (Å²) in [5, 5.41) is 3.68. The predicted molar refractivity (Wildman–Crippen MR) is 80.9 cm³/mol. The van der Waals surface area contributed by atoms with Gasteiger partial charge in [-0.05, 0) is 43.4 Å². The minimum absolute atomic E-state index is 0.0662. The SMILES string of the molecule is CSc1ncccc1C(=O)NCCCc1ccccn1. The van der Waals surface area contributed by atoms with Crippen LogP contribution in [0.25, 0.3) is 0 Å². The van der Waals surface area contributed by atoms with Crippen molar-refractivity contribution in [2.75, 3.05) is 12.8 Å². The van der Waals surface area contributed by atoms with Crippen LogP contribution in [0.5, 0.6) is 0 Å². The minimum atomic E-state index is -0.0662. The summed E-state index contributed by atoms with van der Waals surface area (Å²) in [6, 6.07) is 9.45. The molecular formula is C15H17N3OS. The van der Waals surface area contributed by atoms with Gasteiger partial charge in [0.15, 0.2) is 0 Å². The van der Waals surface area contributed by atoms with Crippen molar-refractivity contribution >= 4 is 17.7 Å². The van der Waals surface area contributed by atoms with Crippen molar-refractivity contribution < 1.29 is 4.79 Å². The normalized spacial score (nSPS) is 10.2. The molecule has 0 unspecified atom stereocenters. The summed E-state index contributed by atoms with van der Waals surface area (Å²) < 4.78 is 0. The molecule has 2 aromatic rings. The van der Waals surface area contributed by atoms with Gasteiger partial charge in [0.1, 0.15) is 5.03 Å². The van der Waals surface area contributed by atoms with Gasteiger partial charge in [-0.1, -0.05) is 6.07 Å². The quantitative estimate of drug-likeness (QED) is 0.655. The summed E-state index contributed by atoms with van der Waals surface area (Å²) in [7, 11) is 0. The van der Waals surface area contributed by atoms with Gasteiger partial charge in [-0.25, -0.2) is 4.98 Å². The van der Waals surface area contributed by atoms with Crippen LogP contribution in [0.1, 0.15) is 22.5 Å². The number of pyridine rings is 2. The highest BCUT2D eigenvalue weighted by molar-refractivity contribution is 7.98. The molecule has 0 fully saturated rings. The highest BCUT2D eigenvalue weighted by Gasteiger charge is 2.10. The molecule has 0 aromatic carbocycles. The number of amides is 1. The highest BCUT2D eigenvalue weighted by Crippen LogP contribution is 2.16. The zero-order valence-corrected chi connectivity index (χ0v) is 12.2. The molecule has 0 saturated carbocycles. The van der Waals surface area contributed by atoms with Crippen LogP contribution in [-0.2, 0) is 6.42 Å². The van der Waals surface area contributed by atoms with Crippen molar-refractivity contribution in [1.82, 2.24) is 15.3 Å². The smallest absolute Gasteiger partial charge is 0.254 e. The summed E-state index contributed by atoms with van der Waals surface area (Å²) in [6.45, 7) is 0.637. The average Bonchev–Trinajstić information content (AvgIpc) is 2.52. The average molecular weight is 287 g/mol. The van der Waals surface area contributed by atoms with E-state index in [1.807, 2.05) is 24.5 Å². The van der Waals surface area contributed by atoms with Gasteiger partial charge in [-0.3, -0.25) is 9.78 Å². The van der Waals surface area contributed by atoms with Crippen molar-refractivity contribution in [3.05, 3.63) is 54.0 Å². The Kier molecular flexibility index (Phi) is 5.55. The Labute approximate surface area is 123 Å². The lowest BCUT2D eigenvalue weighted by Gasteiger charge is -2.07. The Bertz CT molecular complexity index is 560. The number of rotatable bonds is 6. The second-order valence-corrected chi connectivity index (χ2v) is 5.04. The molecular weight excluding hydrogens is 270 g/mol. The predicted octanol–water partition coefficient (Wildman–Crippen LogP) is 2.56. The van der Waals surface area contributed by atoms with Crippen molar-refractivity contribution in [2.45, 2.75) is 17.9 Å². The van der Waals surface area contributed by atoms with E-state index in [-0.39, 0.29) is 5.91 Å². The number of thioether (sulfide) groups is 1. The summed E-state index contributed by atoms with van der Waals surface area (Å²) >= 11 is 1.48. The van der Waals surface area contributed by atoms with Crippen LogP contribution in [0.3, 0.4) is 0 Å². The van der Waals surface area contributed by atoms with E-state index in [4.69, 9.17) is 0 Å². The molecule has 0 saturated heterocycles. The summed E-state index contributed by atoms with van der Waals surface area (Å²) in [6.07, 6.45) is 7.14. The third-order valence-electron chi connectivity index (χ3n) is 2.83. The fourth-order valence-electron chi connectivity index (χ4n) is 1.84.